The van der Waals surface area contributed by atoms with Crippen molar-refractivity contribution in [2.45, 2.75) is 20.5 Å². The number of carboxylic acids is 1. The van der Waals surface area contributed by atoms with Crippen LogP contribution in [0.5, 0.6) is 5.75 Å². The Hall–Kier alpha value is -3.79. The zero-order valence-corrected chi connectivity index (χ0v) is 14.8. The van der Waals surface area contributed by atoms with E-state index in [2.05, 4.69) is 11.1 Å². The van der Waals surface area contributed by atoms with Gasteiger partial charge in [0.1, 0.15) is 18.4 Å². The number of aryl methyl sites for hydroxylation is 2. The second kappa shape index (κ2) is 7.22. The first-order valence-electron chi connectivity index (χ1n) is 8.15. The minimum atomic E-state index is -1.28. The Morgan fingerprint density at radius 3 is 2.52 bits per heavy atom. The number of benzene rings is 2. The molecule has 0 saturated heterocycles. The predicted octanol–water partition coefficient (Wildman–Crippen LogP) is 3.55. The maximum absolute atomic E-state index is 11.2. The quantitative estimate of drug-likeness (QED) is 0.671. The predicted molar refractivity (Wildman–Crippen MR) is 96.8 cm³/mol. The van der Waals surface area contributed by atoms with Crippen molar-refractivity contribution < 1.29 is 19.8 Å². The third kappa shape index (κ3) is 3.60. The van der Waals surface area contributed by atoms with Gasteiger partial charge in [-0.05, 0) is 37.6 Å². The minimum absolute atomic E-state index is 0.0477. The summed E-state index contributed by atoms with van der Waals surface area (Å²) >= 11 is 0. The molecule has 0 aliphatic heterocycles. The molecule has 7 nitrogen and oxygen atoms in total. The Balaban J connectivity index is 1.89. The lowest BCUT2D eigenvalue weighted by Crippen LogP contribution is -2.07. The summed E-state index contributed by atoms with van der Waals surface area (Å²) in [5.41, 5.74) is 2.66. The van der Waals surface area contributed by atoms with Crippen LogP contribution in [-0.2, 0) is 6.61 Å². The van der Waals surface area contributed by atoms with E-state index in [1.54, 1.807) is 12.1 Å². The lowest BCUT2D eigenvalue weighted by atomic mass is 10.1. The van der Waals surface area contributed by atoms with Gasteiger partial charge >= 0.3 is 5.97 Å². The van der Waals surface area contributed by atoms with Crippen molar-refractivity contribution in [3.05, 3.63) is 70.5 Å². The molecule has 3 aromatic rings. The number of aromatic nitrogens is 2. The van der Waals surface area contributed by atoms with Gasteiger partial charge in [-0.25, -0.2) is 9.78 Å². The molecular weight excluding hydrogens is 346 g/mol. The maximum atomic E-state index is 11.2. The molecule has 0 amide bonds. The molecule has 0 atom stereocenters. The van der Waals surface area contributed by atoms with Crippen molar-refractivity contribution >= 4 is 5.97 Å². The molecule has 27 heavy (non-hydrogen) atoms. The summed E-state index contributed by atoms with van der Waals surface area (Å²) in [4.78, 5) is 15.3. The molecule has 0 aliphatic carbocycles. The number of imidazole rings is 1. The molecule has 3 rings (SSSR count). The highest BCUT2D eigenvalue weighted by Gasteiger charge is 2.21. The summed E-state index contributed by atoms with van der Waals surface area (Å²) in [5, 5.41) is 28.7. The third-order valence-corrected chi connectivity index (χ3v) is 4.10. The number of nitriles is 1. The Morgan fingerprint density at radius 2 is 1.93 bits per heavy atom. The summed E-state index contributed by atoms with van der Waals surface area (Å²) in [6, 6.07) is 14.7. The molecule has 0 unspecified atom stereocenters. The van der Waals surface area contributed by atoms with Gasteiger partial charge in [-0.2, -0.15) is 9.99 Å². The van der Waals surface area contributed by atoms with Gasteiger partial charge in [-0.3, -0.25) is 0 Å². The van der Waals surface area contributed by atoms with Crippen molar-refractivity contribution in [1.29, 1.82) is 5.26 Å². The lowest BCUT2D eigenvalue weighted by molar-refractivity contribution is 0.0645. The summed E-state index contributed by atoms with van der Waals surface area (Å²) < 4.78 is 6.25. The van der Waals surface area contributed by atoms with E-state index < -0.39 is 5.97 Å². The summed E-state index contributed by atoms with van der Waals surface area (Å²) in [6.07, 6.45) is 0. The van der Waals surface area contributed by atoms with Gasteiger partial charge in [0.15, 0.2) is 11.5 Å². The SMILES string of the molecule is Cc1ccc(COc2ccc(-c3nc(C)c(C(=O)O)n3O)cc2C#N)cc1. The number of rotatable bonds is 5. The Kier molecular flexibility index (Phi) is 4.81. The molecular formula is C20H17N3O4. The summed E-state index contributed by atoms with van der Waals surface area (Å²) in [7, 11) is 0. The van der Waals surface area contributed by atoms with Crippen LogP contribution in [0.2, 0.25) is 0 Å². The topological polar surface area (TPSA) is 108 Å². The molecule has 2 N–H and O–H groups in total. The van der Waals surface area contributed by atoms with Crippen molar-refractivity contribution in [3.63, 3.8) is 0 Å². The van der Waals surface area contributed by atoms with Crippen LogP contribution in [0.15, 0.2) is 42.5 Å². The van der Waals surface area contributed by atoms with Gasteiger partial charge in [-0.1, -0.05) is 29.8 Å². The monoisotopic (exact) mass is 363 g/mol. The zero-order chi connectivity index (χ0) is 19.6. The van der Waals surface area contributed by atoms with Crippen LogP contribution in [0.1, 0.15) is 32.9 Å². The maximum Gasteiger partial charge on any atom is 0.357 e. The van der Waals surface area contributed by atoms with Crippen LogP contribution in [0.3, 0.4) is 0 Å². The molecule has 2 aromatic carbocycles. The Labute approximate surface area is 155 Å². The van der Waals surface area contributed by atoms with Crippen molar-refractivity contribution in [3.8, 4) is 23.2 Å². The molecule has 0 bridgehead atoms. The third-order valence-electron chi connectivity index (χ3n) is 4.10. The molecule has 0 saturated carbocycles. The van der Waals surface area contributed by atoms with Crippen molar-refractivity contribution in [2.24, 2.45) is 0 Å². The second-order valence-corrected chi connectivity index (χ2v) is 6.08. The summed E-state index contributed by atoms with van der Waals surface area (Å²) in [6.45, 7) is 3.80. The number of carbonyl (C=O) groups is 1. The molecule has 0 radical (unpaired) electrons. The van der Waals surface area contributed by atoms with Gasteiger partial charge in [0.2, 0.25) is 0 Å². The van der Waals surface area contributed by atoms with E-state index in [9.17, 15) is 15.3 Å². The van der Waals surface area contributed by atoms with Gasteiger partial charge in [0.05, 0.1) is 11.3 Å². The molecule has 0 spiro atoms. The first-order valence-corrected chi connectivity index (χ1v) is 8.15. The highest BCUT2D eigenvalue weighted by atomic mass is 16.5. The fourth-order valence-corrected chi connectivity index (χ4v) is 2.68. The number of hydrogen-bond acceptors (Lipinski definition) is 5. The number of nitrogens with zero attached hydrogens (tertiary/aromatic N) is 3. The van der Waals surface area contributed by atoms with E-state index in [0.717, 1.165) is 11.1 Å². The summed E-state index contributed by atoms with van der Waals surface area (Å²) in [5.74, 6) is -0.841. The van der Waals surface area contributed by atoms with E-state index in [4.69, 9.17) is 9.84 Å². The molecule has 0 aliphatic rings. The van der Waals surface area contributed by atoms with Gasteiger partial charge in [0, 0.05) is 5.56 Å². The smallest absolute Gasteiger partial charge is 0.357 e. The first kappa shape index (κ1) is 18.0. The normalized spacial score (nSPS) is 10.4. The van der Waals surface area contributed by atoms with Crippen molar-refractivity contribution in [1.82, 2.24) is 9.71 Å². The van der Waals surface area contributed by atoms with E-state index in [1.165, 1.54) is 13.0 Å². The molecule has 7 heteroatoms. The average Bonchev–Trinajstić information content (AvgIpc) is 2.95. The molecule has 1 aromatic heterocycles. The fourth-order valence-electron chi connectivity index (χ4n) is 2.68. The van der Waals surface area contributed by atoms with Gasteiger partial charge < -0.3 is 15.1 Å². The van der Waals surface area contributed by atoms with Crippen LogP contribution in [-0.4, -0.2) is 26.0 Å². The van der Waals surface area contributed by atoms with Crippen LogP contribution in [0.4, 0.5) is 0 Å². The molecule has 0 fully saturated rings. The highest BCUT2D eigenvalue weighted by Crippen LogP contribution is 2.27. The number of carboxylic acid groups (broad SMARTS) is 1. The zero-order valence-electron chi connectivity index (χ0n) is 14.8. The van der Waals surface area contributed by atoms with E-state index >= 15 is 0 Å². The average molecular weight is 363 g/mol. The standard InChI is InChI=1S/C20H17N3O4/c1-12-3-5-14(6-4-12)11-27-17-8-7-15(9-16(17)10-21)19-22-13(2)18(20(24)25)23(19)26/h3-9,26H,11H2,1-2H3,(H,24,25). The first-order chi connectivity index (χ1) is 12.9. The van der Waals surface area contributed by atoms with E-state index in [-0.39, 0.29) is 22.8 Å². The number of aromatic carboxylic acids is 1. The minimum Gasteiger partial charge on any atom is -0.488 e. The largest absolute Gasteiger partial charge is 0.488 e. The Morgan fingerprint density at radius 1 is 1.22 bits per heavy atom. The van der Waals surface area contributed by atoms with Gasteiger partial charge in [-0.15, -0.1) is 0 Å². The number of hydrogen-bond donors (Lipinski definition) is 2. The molecule has 136 valence electrons. The lowest BCUT2D eigenvalue weighted by Gasteiger charge is -2.10. The van der Waals surface area contributed by atoms with Crippen LogP contribution >= 0.6 is 0 Å². The van der Waals surface area contributed by atoms with E-state index in [1.807, 2.05) is 31.2 Å². The van der Waals surface area contributed by atoms with Crippen LogP contribution in [0.25, 0.3) is 11.4 Å². The molecule has 1 heterocycles. The van der Waals surface area contributed by atoms with Crippen LogP contribution in [0, 0.1) is 25.2 Å². The fraction of sp³-hybridized carbons (Fsp3) is 0.150. The second-order valence-electron chi connectivity index (χ2n) is 6.08. The number of ether oxygens (including phenoxy) is 1. The highest BCUT2D eigenvalue weighted by molar-refractivity contribution is 5.88. The van der Waals surface area contributed by atoms with Crippen LogP contribution < -0.4 is 4.74 Å². The van der Waals surface area contributed by atoms with Crippen molar-refractivity contribution in [2.75, 3.05) is 0 Å². The van der Waals surface area contributed by atoms with E-state index in [0.29, 0.717) is 22.7 Å². The van der Waals surface area contributed by atoms with Gasteiger partial charge in [0.25, 0.3) is 0 Å². The Bertz CT molecular complexity index is 1050.